The third-order valence-electron chi connectivity index (χ3n) is 5.74. The van der Waals surface area contributed by atoms with Gasteiger partial charge >= 0.3 is 0 Å². The molecule has 0 aromatic heterocycles. The summed E-state index contributed by atoms with van der Waals surface area (Å²) < 4.78 is 0. The molecular weight excluding hydrogens is 179 g/mol. The molecule has 0 atom stereocenters. The maximum Gasteiger partial charge on any atom is 0.131 e. The van der Waals surface area contributed by atoms with E-state index in [0.717, 1.165) is 17.0 Å². The fraction of sp³-hybridized carbons (Fsp3) is 1.00. The van der Waals surface area contributed by atoms with Crippen LogP contribution < -0.4 is 0 Å². The predicted molar refractivity (Wildman–Crippen MR) is 70.0 cm³/mol. The molecule has 0 nitrogen and oxygen atoms in total. The minimum Gasteiger partial charge on any atom is -0.0651 e. The molecule has 3 fully saturated rings. The maximum absolute atomic E-state index is 1.62. The number of rotatable bonds is 1. The van der Waals surface area contributed by atoms with Crippen molar-refractivity contribution < 1.29 is 1.43 Å². The average molecular weight is 206 g/mol. The number of hydrogen-bond acceptors (Lipinski definition) is 0. The van der Waals surface area contributed by atoms with Gasteiger partial charge in [0.1, 0.15) is 7.28 Å². The molecule has 0 aromatic rings. The molecule has 2 saturated heterocycles. The van der Waals surface area contributed by atoms with E-state index in [4.69, 9.17) is 0 Å². The van der Waals surface area contributed by atoms with Crippen LogP contribution in [0.25, 0.3) is 0 Å². The zero-order valence-corrected chi connectivity index (χ0v) is 10.1. The zero-order chi connectivity index (χ0) is 10.1. The molecule has 3 rings (SSSR count). The van der Waals surface area contributed by atoms with E-state index in [0.29, 0.717) is 0 Å². The minimum atomic E-state index is 0. The van der Waals surface area contributed by atoms with Crippen LogP contribution in [0.15, 0.2) is 0 Å². The molecule has 0 amide bonds. The van der Waals surface area contributed by atoms with Gasteiger partial charge in [-0.2, -0.15) is 0 Å². The summed E-state index contributed by atoms with van der Waals surface area (Å²) in [5.74, 6) is 2.27. The Labute approximate surface area is 96.9 Å². The second-order valence-electron chi connectivity index (χ2n) is 6.55. The van der Waals surface area contributed by atoms with Crippen molar-refractivity contribution in [3.63, 3.8) is 0 Å². The Morgan fingerprint density at radius 3 is 2.13 bits per heavy atom. The van der Waals surface area contributed by atoms with Crippen LogP contribution in [-0.4, -0.2) is 7.28 Å². The Kier molecular flexibility index (Phi) is 2.83. The lowest BCUT2D eigenvalue weighted by Crippen LogP contribution is -2.39. The van der Waals surface area contributed by atoms with Crippen molar-refractivity contribution in [3.05, 3.63) is 0 Å². The van der Waals surface area contributed by atoms with Crippen LogP contribution in [0.2, 0.25) is 11.1 Å². The van der Waals surface area contributed by atoms with Gasteiger partial charge in [0.2, 0.25) is 0 Å². The third-order valence-corrected chi connectivity index (χ3v) is 5.74. The highest BCUT2D eigenvalue weighted by Gasteiger charge is 2.45. The quantitative estimate of drug-likeness (QED) is 0.551. The Hall–Kier alpha value is 0.0649. The summed E-state index contributed by atoms with van der Waals surface area (Å²) in [5, 5.41) is 0.849. The molecule has 1 aliphatic carbocycles. The van der Waals surface area contributed by atoms with Gasteiger partial charge in [0.05, 0.1) is 0 Å². The van der Waals surface area contributed by atoms with Crippen LogP contribution in [0.5, 0.6) is 0 Å². The summed E-state index contributed by atoms with van der Waals surface area (Å²) in [7, 11) is 1.62. The first-order valence-corrected chi connectivity index (χ1v) is 7.39. The molecule has 2 bridgehead atoms. The topological polar surface area (TPSA) is 0 Å². The van der Waals surface area contributed by atoms with Crippen LogP contribution in [-0.2, 0) is 0 Å². The molecule has 2 aliphatic heterocycles. The van der Waals surface area contributed by atoms with E-state index in [1.807, 2.05) is 0 Å². The first-order chi connectivity index (χ1) is 7.39. The standard InChI is InChI=1S/C14H25B.H2/c1-2-6-12(7-3-1)14-10-4-8-13(15-14)9-5-11-14;/h12-13,15H,1-11H2;1H. The summed E-state index contributed by atoms with van der Waals surface area (Å²) in [6, 6.07) is 0. The van der Waals surface area contributed by atoms with E-state index in [2.05, 4.69) is 0 Å². The van der Waals surface area contributed by atoms with Crippen molar-refractivity contribution in [3.8, 4) is 0 Å². The second-order valence-corrected chi connectivity index (χ2v) is 6.55. The minimum absolute atomic E-state index is 0. The second kappa shape index (κ2) is 4.15. The fourth-order valence-corrected chi connectivity index (χ4v) is 5.03. The van der Waals surface area contributed by atoms with E-state index in [-0.39, 0.29) is 1.43 Å². The molecule has 0 N–H and O–H groups in total. The van der Waals surface area contributed by atoms with Gasteiger partial charge in [-0.05, 0) is 5.92 Å². The van der Waals surface area contributed by atoms with Crippen molar-refractivity contribution in [2.24, 2.45) is 5.92 Å². The van der Waals surface area contributed by atoms with E-state index in [9.17, 15) is 0 Å². The van der Waals surface area contributed by atoms with Crippen molar-refractivity contribution in [1.29, 1.82) is 0 Å². The smallest absolute Gasteiger partial charge is 0.0651 e. The zero-order valence-electron chi connectivity index (χ0n) is 10.1. The van der Waals surface area contributed by atoms with Crippen LogP contribution in [0.4, 0.5) is 0 Å². The van der Waals surface area contributed by atoms with Crippen molar-refractivity contribution >= 4 is 7.28 Å². The third kappa shape index (κ3) is 1.87. The largest absolute Gasteiger partial charge is 0.131 e. The summed E-state index contributed by atoms with van der Waals surface area (Å²) in [6.45, 7) is 0. The SMILES string of the molecule is B1C2CCCC1(C1CCCCC1)CCC2.[HH]. The fourth-order valence-electron chi connectivity index (χ4n) is 5.03. The van der Waals surface area contributed by atoms with Gasteiger partial charge in [0, 0.05) is 1.43 Å². The molecule has 86 valence electrons. The van der Waals surface area contributed by atoms with Crippen molar-refractivity contribution in [2.45, 2.75) is 81.8 Å². The summed E-state index contributed by atoms with van der Waals surface area (Å²) >= 11 is 0. The normalized spacial score (nSPS) is 42.3. The van der Waals surface area contributed by atoms with Crippen LogP contribution in [0.1, 0.15) is 72.1 Å². The van der Waals surface area contributed by atoms with Gasteiger partial charge in [-0.15, -0.1) is 0 Å². The molecule has 15 heavy (non-hydrogen) atoms. The van der Waals surface area contributed by atoms with Gasteiger partial charge in [-0.3, -0.25) is 0 Å². The summed E-state index contributed by atoms with van der Waals surface area (Å²) in [6.07, 6.45) is 17.2. The van der Waals surface area contributed by atoms with Crippen LogP contribution in [0.3, 0.4) is 0 Å². The van der Waals surface area contributed by atoms with Gasteiger partial charge in [-0.1, -0.05) is 81.8 Å². The Balaban J connectivity index is 0.000000963. The molecule has 1 heteroatoms. The monoisotopic (exact) mass is 206 g/mol. The summed E-state index contributed by atoms with van der Waals surface area (Å²) in [4.78, 5) is 0. The number of hydrogen-bond donors (Lipinski definition) is 0. The summed E-state index contributed by atoms with van der Waals surface area (Å²) in [5.41, 5.74) is 0. The van der Waals surface area contributed by atoms with E-state index in [1.165, 1.54) is 19.3 Å². The molecule has 1 saturated carbocycles. The molecule has 0 aromatic carbocycles. The molecule has 0 unspecified atom stereocenters. The lowest BCUT2D eigenvalue weighted by molar-refractivity contribution is 0.202. The van der Waals surface area contributed by atoms with Gasteiger partial charge in [-0.25, -0.2) is 0 Å². The molecule has 0 radical (unpaired) electrons. The molecular formula is C14H27B. The molecule has 2 heterocycles. The average Bonchev–Trinajstić information content (AvgIpc) is 2.30. The van der Waals surface area contributed by atoms with E-state index in [1.54, 1.807) is 58.6 Å². The Bertz CT molecular complexity index is 213. The lowest BCUT2D eigenvalue weighted by atomic mass is 9.32. The number of fused-ring (bicyclic) bond motifs is 2. The Morgan fingerprint density at radius 2 is 1.47 bits per heavy atom. The highest BCUT2D eigenvalue weighted by molar-refractivity contribution is 6.42. The first-order valence-electron chi connectivity index (χ1n) is 7.39. The highest BCUT2D eigenvalue weighted by atomic mass is 14.4. The predicted octanol–water partition coefficient (Wildman–Crippen LogP) is 4.56. The van der Waals surface area contributed by atoms with Gasteiger partial charge in [0.15, 0.2) is 0 Å². The highest BCUT2D eigenvalue weighted by Crippen LogP contribution is 2.58. The van der Waals surface area contributed by atoms with Crippen LogP contribution in [0, 0.1) is 5.92 Å². The van der Waals surface area contributed by atoms with Crippen molar-refractivity contribution in [1.82, 2.24) is 0 Å². The van der Waals surface area contributed by atoms with E-state index >= 15 is 0 Å². The van der Waals surface area contributed by atoms with Crippen LogP contribution >= 0.6 is 0 Å². The molecule has 0 spiro atoms. The lowest BCUT2D eigenvalue weighted by Gasteiger charge is -2.50. The van der Waals surface area contributed by atoms with Gasteiger partial charge < -0.3 is 0 Å². The maximum atomic E-state index is 1.62. The van der Waals surface area contributed by atoms with E-state index < -0.39 is 0 Å². The van der Waals surface area contributed by atoms with Crippen molar-refractivity contribution in [2.75, 3.05) is 0 Å². The Morgan fingerprint density at radius 1 is 0.800 bits per heavy atom. The molecule has 3 aliphatic rings. The van der Waals surface area contributed by atoms with Gasteiger partial charge in [0.25, 0.3) is 0 Å². The first kappa shape index (κ1) is 10.2.